The molecular formula is C11H15OS. The summed E-state index contributed by atoms with van der Waals surface area (Å²) in [5, 5.41) is 2.01. The van der Waals surface area contributed by atoms with Crippen LogP contribution in [0.3, 0.4) is 0 Å². The number of hydrogen-bond donors (Lipinski definition) is 0. The van der Waals surface area contributed by atoms with Gasteiger partial charge in [0.2, 0.25) is 6.29 Å². The molecule has 0 spiro atoms. The van der Waals surface area contributed by atoms with E-state index in [1.165, 1.54) is 12.8 Å². The maximum atomic E-state index is 10.7. The van der Waals surface area contributed by atoms with Crippen molar-refractivity contribution >= 4 is 17.6 Å². The van der Waals surface area contributed by atoms with Gasteiger partial charge in [-0.1, -0.05) is 32.3 Å². The molecule has 0 saturated carbocycles. The lowest BCUT2D eigenvalue weighted by Gasteiger charge is -2.05. The third-order valence-electron chi connectivity index (χ3n) is 2.13. The van der Waals surface area contributed by atoms with Crippen molar-refractivity contribution in [3.63, 3.8) is 0 Å². The first-order valence-electron chi connectivity index (χ1n) is 4.79. The van der Waals surface area contributed by atoms with Gasteiger partial charge in [-0.2, -0.15) is 0 Å². The summed E-state index contributed by atoms with van der Waals surface area (Å²) in [4.78, 5) is 11.8. The molecule has 0 amide bonds. The highest BCUT2D eigenvalue weighted by Crippen LogP contribution is 2.24. The molecule has 1 atom stereocenters. The molecule has 0 aliphatic rings. The van der Waals surface area contributed by atoms with E-state index in [0.717, 1.165) is 17.7 Å². The van der Waals surface area contributed by atoms with Gasteiger partial charge in [0.1, 0.15) is 0 Å². The molecule has 0 bridgehead atoms. The van der Waals surface area contributed by atoms with Crippen LogP contribution < -0.4 is 0 Å². The van der Waals surface area contributed by atoms with Crippen molar-refractivity contribution in [2.24, 2.45) is 0 Å². The van der Waals surface area contributed by atoms with Crippen molar-refractivity contribution in [3.8, 4) is 0 Å². The maximum absolute atomic E-state index is 10.7. The van der Waals surface area contributed by atoms with Crippen molar-refractivity contribution in [3.05, 3.63) is 22.4 Å². The lowest BCUT2D eigenvalue weighted by molar-refractivity contribution is 0.531. The summed E-state index contributed by atoms with van der Waals surface area (Å²) in [5.41, 5.74) is 0. The molecule has 0 N–H and O–H groups in total. The Kier molecular flexibility index (Phi) is 4.76. The normalized spacial score (nSPS) is 12.7. The van der Waals surface area contributed by atoms with E-state index in [1.54, 1.807) is 11.3 Å². The van der Waals surface area contributed by atoms with Crippen molar-refractivity contribution in [2.75, 3.05) is 0 Å². The molecule has 1 aromatic rings. The smallest absolute Gasteiger partial charge is 0.207 e. The second-order valence-electron chi connectivity index (χ2n) is 3.18. The first kappa shape index (κ1) is 10.5. The summed E-state index contributed by atoms with van der Waals surface area (Å²) in [6.45, 7) is 2.17. The zero-order valence-electron chi connectivity index (χ0n) is 7.95. The van der Waals surface area contributed by atoms with Crippen molar-refractivity contribution < 1.29 is 4.79 Å². The van der Waals surface area contributed by atoms with E-state index in [-0.39, 0.29) is 5.92 Å². The van der Waals surface area contributed by atoms with Crippen LogP contribution in [0.5, 0.6) is 0 Å². The van der Waals surface area contributed by atoms with Crippen LogP contribution in [0, 0.1) is 0 Å². The minimum Gasteiger partial charge on any atom is -0.290 e. The Morgan fingerprint density at radius 3 is 2.92 bits per heavy atom. The molecule has 1 rings (SSSR count). The predicted octanol–water partition coefficient (Wildman–Crippen LogP) is 3.52. The fourth-order valence-electron chi connectivity index (χ4n) is 1.35. The van der Waals surface area contributed by atoms with Gasteiger partial charge in [0.25, 0.3) is 0 Å². The fraction of sp³-hybridized carbons (Fsp3) is 0.545. The average Bonchev–Trinajstić information content (AvgIpc) is 2.65. The minimum atomic E-state index is 0.0200. The minimum absolute atomic E-state index is 0.0200. The van der Waals surface area contributed by atoms with Crippen LogP contribution in [0.15, 0.2) is 17.5 Å². The van der Waals surface area contributed by atoms with Gasteiger partial charge in [-0.25, -0.2) is 0 Å². The van der Waals surface area contributed by atoms with Gasteiger partial charge < -0.3 is 0 Å². The van der Waals surface area contributed by atoms with E-state index in [0.29, 0.717) is 0 Å². The van der Waals surface area contributed by atoms with E-state index in [2.05, 4.69) is 13.2 Å². The summed E-state index contributed by atoms with van der Waals surface area (Å²) < 4.78 is 0. The third kappa shape index (κ3) is 3.31. The quantitative estimate of drug-likeness (QED) is 0.635. The highest BCUT2D eigenvalue weighted by Gasteiger charge is 2.11. The highest BCUT2D eigenvalue weighted by molar-refractivity contribution is 7.10. The number of thiophene rings is 1. The Balaban J connectivity index is 2.40. The number of unbranched alkanes of at least 4 members (excludes halogenated alkanes) is 2. The van der Waals surface area contributed by atoms with Crippen LogP contribution >= 0.6 is 11.3 Å². The summed E-state index contributed by atoms with van der Waals surface area (Å²) in [6.07, 6.45) is 6.63. The van der Waals surface area contributed by atoms with Gasteiger partial charge in [0.15, 0.2) is 0 Å². The molecule has 71 valence electrons. The van der Waals surface area contributed by atoms with E-state index in [1.807, 2.05) is 17.5 Å². The molecule has 0 aliphatic heterocycles. The van der Waals surface area contributed by atoms with Crippen LogP contribution in [-0.4, -0.2) is 6.29 Å². The van der Waals surface area contributed by atoms with Gasteiger partial charge in [0, 0.05) is 4.88 Å². The summed E-state index contributed by atoms with van der Waals surface area (Å²) in [6, 6.07) is 4.01. The average molecular weight is 195 g/mol. The van der Waals surface area contributed by atoms with Crippen LogP contribution in [0.1, 0.15) is 43.4 Å². The van der Waals surface area contributed by atoms with Gasteiger partial charge in [-0.05, 0) is 17.9 Å². The molecule has 1 radical (unpaired) electrons. The molecule has 2 heteroatoms. The lowest BCUT2D eigenvalue weighted by Crippen LogP contribution is -1.97. The van der Waals surface area contributed by atoms with E-state index in [9.17, 15) is 4.79 Å². The molecule has 1 heterocycles. The van der Waals surface area contributed by atoms with E-state index < -0.39 is 0 Å². The molecule has 1 unspecified atom stereocenters. The largest absolute Gasteiger partial charge is 0.290 e. The highest BCUT2D eigenvalue weighted by atomic mass is 32.1. The third-order valence-corrected chi connectivity index (χ3v) is 3.11. The summed E-state index contributed by atoms with van der Waals surface area (Å²) in [5.74, 6) is 0.0200. The predicted molar refractivity (Wildman–Crippen MR) is 56.9 cm³/mol. The Morgan fingerprint density at radius 1 is 1.54 bits per heavy atom. The lowest BCUT2D eigenvalue weighted by atomic mass is 10.0. The van der Waals surface area contributed by atoms with Gasteiger partial charge in [-0.3, -0.25) is 4.79 Å². The molecular weight excluding hydrogens is 180 g/mol. The van der Waals surface area contributed by atoms with Gasteiger partial charge in [0.05, 0.1) is 5.92 Å². The summed E-state index contributed by atoms with van der Waals surface area (Å²) in [7, 11) is 0. The van der Waals surface area contributed by atoms with Gasteiger partial charge >= 0.3 is 0 Å². The SMILES string of the molecule is CCCCCC([C]=O)c1cccs1. The van der Waals surface area contributed by atoms with Crippen molar-refractivity contribution in [2.45, 2.75) is 38.5 Å². The second-order valence-corrected chi connectivity index (χ2v) is 4.16. The van der Waals surface area contributed by atoms with E-state index >= 15 is 0 Å². The Bertz CT molecular complexity index is 228. The number of hydrogen-bond acceptors (Lipinski definition) is 2. The second kappa shape index (κ2) is 5.92. The van der Waals surface area contributed by atoms with Crippen molar-refractivity contribution in [1.82, 2.24) is 0 Å². The summed E-state index contributed by atoms with van der Waals surface area (Å²) >= 11 is 1.65. The van der Waals surface area contributed by atoms with Crippen LogP contribution in [0.2, 0.25) is 0 Å². The zero-order chi connectivity index (χ0) is 9.52. The molecule has 0 fully saturated rings. The fourth-order valence-corrected chi connectivity index (χ4v) is 2.15. The number of carbonyl (C=O) groups excluding carboxylic acids is 1. The zero-order valence-corrected chi connectivity index (χ0v) is 8.77. The monoisotopic (exact) mass is 195 g/mol. The Morgan fingerprint density at radius 2 is 2.38 bits per heavy atom. The Hall–Kier alpha value is -0.630. The first-order chi connectivity index (χ1) is 6.38. The first-order valence-corrected chi connectivity index (χ1v) is 5.67. The molecule has 0 saturated heterocycles. The Labute approximate surface area is 83.8 Å². The molecule has 1 aromatic heterocycles. The van der Waals surface area contributed by atoms with Crippen LogP contribution in [0.4, 0.5) is 0 Å². The molecule has 0 aromatic carbocycles. The molecule has 0 aliphatic carbocycles. The molecule has 13 heavy (non-hydrogen) atoms. The van der Waals surface area contributed by atoms with Gasteiger partial charge in [-0.15, -0.1) is 11.3 Å². The maximum Gasteiger partial charge on any atom is 0.207 e. The standard InChI is InChI=1S/C11H15OS/c1-2-3-4-6-10(9-12)11-7-5-8-13-11/h5,7-8,10H,2-4,6H2,1H3. The number of rotatable bonds is 6. The van der Waals surface area contributed by atoms with E-state index in [4.69, 9.17) is 0 Å². The van der Waals surface area contributed by atoms with Crippen LogP contribution in [-0.2, 0) is 4.79 Å². The van der Waals surface area contributed by atoms with Crippen LogP contribution in [0.25, 0.3) is 0 Å². The molecule has 1 nitrogen and oxygen atoms in total. The van der Waals surface area contributed by atoms with Crippen molar-refractivity contribution in [1.29, 1.82) is 0 Å². The topological polar surface area (TPSA) is 17.1 Å².